The van der Waals surface area contributed by atoms with E-state index in [1.807, 2.05) is 36.6 Å². The molecule has 1 saturated heterocycles. The zero-order valence-corrected chi connectivity index (χ0v) is 18.9. The van der Waals surface area contributed by atoms with Gasteiger partial charge in [-0.1, -0.05) is 29.8 Å². The zero-order chi connectivity index (χ0) is 22.9. The zero-order valence-electron chi connectivity index (χ0n) is 17.3. The molecule has 1 aliphatic heterocycles. The van der Waals surface area contributed by atoms with Crippen molar-refractivity contribution in [1.29, 1.82) is 0 Å². The van der Waals surface area contributed by atoms with Crippen LogP contribution in [0.25, 0.3) is 10.6 Å². The number of thiazole rings is 1. The van der Waals surface area contributed by atoms with Crippen LogP contribution in [0.15, 0.2) is 52.7 Å². The van der Waals surface area contributed by atoms with Crippen LogP contribution in [0.3, 0.4) is 0 Å². The van der Waals surface area contributed by atoms with Crippen LogP contribution in [0.1, 0.15) is 11.3 Å². The van der Waals surface area contributed by atoms with Crippen molar-refractivity contribution in [2.24, 2.45) is 0 Å². The van der Waals surface area contributed by atoms with E-state index < -0.39 is 26.6 Å². The molecular formula is C22H21F2N3O3S2. The SMILES string of the molecule is Cc1cccc(-c2nc(CC(=O)N3CCN(S(=O)(=O)c4c(F)cccc4F)CC3)cs2)c1. The monoisotopic (exact) mass is 477 g/mol. The van der Waals surface area contributed by atoms with Crippen molar-refractivity contribution in [3.8, 4) is 10.6 Å². The summed E-state index contributed by atoms with van der Waals surface area (Å²) >= 11 is 1.46. The Morgan fingerprint density at radius 3 is 2.38 bits per heavy atom. The second kappa shape index (κ2) is 9.05. The molecule has 3 aromatic rings. The molecule has 0 N–H and O–H groups in total. The lowest BCUT2D eigenvalue weighted by Gasteiger charge is -2.34. The lowest BCUT2D eigenvalue weighted by Crippen LogP contribution is -2.51. The number of piperazine rings is 1. The molecule has 0 spiro atoms. The van der Waals surface area contributed by atoms with Crippen molar-refractivity contribution in [1.82, 2.24) is 14.2 Å². The van der Waals surface area contributed by atoms with Crippen LogP contribution in [0.2, 0.25) is 0 Å². The number of aromatic nitrogens is 1. The summed E-state index contributed by atoms with van der Waals surface area (Å²) in [4.78, 5) is 17.9. The number of nitrogens with zero attached hydrogens (tertiary/aromatic N) is 3. The highest BCUT2D eigenvalue weighted by atomic mass is 32.2. The Morgan fingerprint density at radius 2 is 1.72 bits per heavy atom. The van der Waals surface area contributed by atoms with Crippen LogP contribution < -0.4 is 0 Å². The Labute approximate surface area is 189 Å². The maximum absolute atomic E-state index is 14.0. The van der Waals surface area contributed by atoms with E-state index in [-0.39, 0.29) is 38.5 Å². The minimum atomic E-state index is -4.33. The van der Waals surface area contributed by atoms with E-state index in [0.29, 0.717) is 5.69 Å². The first-order chi connectivity index (χ1) is 15.3. The second-order valence-corrected chi connectivity index (χ2v) is 10.3. The molecule has 10 heteroatoms. The molecule has 1 aliphatic rings. The van der Waals surface area contributed by atoms with Gasteiger partial charge < -0.3 is 4.90 Å². The highest BCUT2D eigenvalue weighted by Crippen LogP contribution is 2.26. The van der Waals surface area contributed by atoms with Crippen LogP contribution >= 0.6 is 11.3 Å². The largest absolute Gasteiger partial charge is 0.340 e. The average Bonchev–Trinajstić information content (AvgIpc) is 3.22. The van der Waals surface area contributed by atoms with Crippen molar-refractivity contribution < 1.29 is 22.0 Å². The first-order valence-corrected chi connectivity index (χ1v) is 12.3. The number of carbonyl (C=O) groups excluding carboxylic acids is 1. The van der Waals surface area contributed by atoms with Crippen LogP contribution in [0.5, 0.6) is 0 Å². The standard InChI is InChI=1S/C22H21F2N3O3S2/c1-15-4-2-5-16(12-15)22-25-17(14-31-22)13-20(28)26-8-10-27(11-9-26)32(29,30)21-18(23)6-3-7-19(21)24/h2-7,12,14H,8-11,13H2,1H3. The minimum Gasteiger partial charge on any atom is -0.340 e. The maximum Gasteiger partial charge on any atom is 0.249 e. The molecule has 0 saturated carbocycles. The Morgan fingerprint density at radius 1 is 1.06 bits per heavy atom. The Bertz CT molecular complexity index is 1230. The molecule has 2 aromatic carbocycles. The third kappa shape index (κ3) is 4.57. The highest BCUT2D eigenvalue weighted by molar-refractivity contribution is 7.89. The topological polar surface area (TPSA) is 70.6 Å². The molecule has 32 heavy (non-hydrogen) atoms. The summed E-state index contributed by atoms with van der Waals surface area (Å²) in [5, 5.41) is 2.68. The molecule has 1 fully saturated rings. The molecule has 0 aliphatic carbocycles. The van der Waals surface area contributed by atoms with Crippen LogP contribution in [-0.4, -0.2) is 54.7 Å². The third-order valence-electron chi connectivity index (χ3n) is 5.26. The molecule has 2 heterocycles. The van der Waals surface area contributed by atoms with Crippen molar-refractivity contribution in [3.05, 3.63) is 70.7 Å². The number of amides is 1. The smallest absolute Gasteiger partial charge is 0.249 e. The predicted octanol–water partition coefficient (Wildman–Crippen LogP) is 3.47. The van der Waals surface area contributed by atoms with E-state index in [1.165, 1.54) is 11.3 Å². The van der Waals surface area contributed by atoms with E-state index in [4.69, 9.17) is 0 Å². The highest BCUT2D eigenvalue weighted by Gasteiger charge is 2.34. The third-order valence-corrected chi connectivity index (χ3v) is 8.15. The van der Waals surface area contributed by atoms with E-state index in [9.17, 15) is 22.0 Å². The van der Waals surface area contributed by atoms with Crippen molar-refractivity contribution in [2.45, 2.75) is 18.2 Å². The molecule has 1 amide bonds. The van der Waals surface area contributed by atoms with Gasteiger partial charge in [0.05, 0.1) is 12.1 Å². The van der Waals surface area contributed by atoms with Crippen LogP contribution in [0, 0.1) is 18.6 Å². The van der Waals surface area contributed by atoms with Gasteiger partial charge in [0, 0.05) is 37.1 Å². The summed E-state index contributed by atoms with van der Waals surface area (Å²) in [6, 6.07) is 10.9. The average molecular weight is 478 g/mol. The number of halogens is 2. The number of benzene rings is 2. The van der Waals surface area contributed by atoms with Gasteiger partial charge in [0.15, 0.2) is 4.90 Å². The summed E-state index contributed by atoms with van der Waals surface area (Å²) < 4.78 is 54.4. The van der Waals surface area contributed by atoms with Gasteiger partial charge in [-0.05, 0) is 25.1 Å². The summed E-state index contributed by atoms with van der Waals surface area (Å²) in [6.45, 7) is 2.22. The number of hydrogen-bond donors (Lipinski definition) is 0. The van der Waals surface area contributed by atoms with Crippen molar-refractivity contribution in [3.63, 3.8) is 0 Å². The minimum absolute atomic E-state index is 0.0343. The molecule has 0 radical (unpaired) electrons. The van der Waals surface area contributed by atoms with E-state index in [0.717, 1.165) is 38.6 Å². The van der Waals surface area contributed by atoms with Crippen molar-refractivity contribution in [2.75, 3.05) is 26.2 Å². The number of rotatable bonds is 5. The summed E-state index contributed by atoms with van der Waals surface area (Å²) in [7, 11) is -4.33. The first-order valence-electron chi connectivity index (χ1n) is 9.99. The van der Waals surface area contributed by atoms with Crippen LogP contribution in [0.4, 0.5) is 8.78 Å². The maximum atomic E-state index is 14.0. The number of sulfonamides is 1. The van der Waals surface area contributed by atoms with Gasteiger partial charge in [-0.2, -0.15) is 4.31 Å². The number of aryl methyl sites for hydroxylation is 1. The molecule has 0 unspecified atom stereocenters. The van der Waals surface area contributed by atoms with Gasteiger partial charge in [0.25, 0.3) is 0 Å². The van der Waals surface area contributed by atoms with Gasteiger partial charge >= 0.3 is 0 Å². The molecular weight excluding hydrogens is 456 g/mol. The van der Waals surface area contributed by atoms with Crippen molar-refractivity contribution >= 4 is 27.3 Å². The summed E-state index contributed by atoms with van der Waals surface area (Å²) in [5.74, 6) is -2.42. The van der Waals surface area contributed by atoms with E-state index in [1.54, 1.807) is 4.90 Å². The lowest BCUT2D eigenvalue weighted by atomic mass is 10.1. The molecule has 6 nitrogen and oxygen atoms in total. The fourth-order valence-corrected chi connectivity index (χ4v) is 5.95. The Balaban J connectivity index is 1.39. The molecule has 4 rings (SSSR count). The molecule has 168 valence electrons. The fourth-order valence-electron chi connectivity index (χ4n) is 3.60. The number of carbonyl (C=O) groups is 1. The summed E-state index contributed by atoms with van der Waals surface area (Å²) in [5.41, 5.74) is 2.77. The fraction of sp³-hybridized carbons (Fsp3) is 0.273. The lowest BCUT2D eigenvalue weighted by molar-refractivity contribution is -0.131. The van der Waals surface area contributed by atoms with Gasteiger partial charge in [-0.25, -0.2) is 22.2 Å². The predicted molar refractivity (Wildman–Crippen MR) is 118 cm³/mol. The van der Waals surface area contributed by atoms with E-state index >= 15 is 0 Å². The van der Waals surface area contributed by atoms with Crippen LogP contribution in [-0.2, 0) is 21.2 Å². The normalized spacial score (nSPS) is 15.2. The second-order valence-electron chi connectivity index (χ2n) is 7.53. The van der Waals surface area contributed by atoms with Gasteiger partial charge in [-0.3, -0.25) is 4.79 Å². The summed E-state index contributed by atoms with van der Waals surface area (Å²) in [6.07, 6.45) is 0.108. The molecule has 0 atom stereocenters. The first kappa shape index (κ1) is 22.5. The van der Waals surface area contributed by atoms with Gasteiger partial charge in [0.1, 0.15) is 16.6 Å². The molecule has 1 aromatic heterocycles. The van der Waals surface area contributed by atoms with Gasteiger partial charge in [-0.15, -0.1) is 11.3 Å². The Hall–Kier alpha value is -2.69. The number of hydrogen-bond acceptors (Lipinski definition) is 5. The van der Waals surface area contributed by atoms with E-state index in [2.05, 4.69) is 4.98 Å². The van der Waals surface area contributed by atoms with Gasteiger partial charge in [0.2, 0.25) is 15.9 Å². The Kier molecular flexibility index (Phi) is 6.36. The molecule has 0 bridgehead atoms. The quantitative estimate of drug-likeness (QED) is 0.564.